The Balaban J connectivity index is 1.69. The second-order valence-corrected chi connectivity index (χ2v) is 7.59. The van der Waals surface area contributed by atoms with Gasteiger partial charge >= 0.3 is 6.18 Å². The van der Waals surface area contributed by atoms with E-state index in [2.05, 4.69) is 24.6 Å². The number of hydrogen-bond donors (Lipinski definition) is 2. The molecule has 2 N–H and O–H groups in total. The van der Waals surface area contributed by atoms with Crippen LogP contribution in [0, 0.1) is 0 Å². The van der Waals surface area contributed by atoms with E-state index in [1.807, 2.05) is 31.4 Å². The number of hydrogen-bond acceptors (Lipinski definition) is 5. The van der Waals surface area contributed by atoms with E-state index in [-0.39, 0.29) is 5.82 Å². The number of nitrogens with zero attached hydrogens (tertiary/aromatic N) is 3. The van der Waals surface area contributed by atoms with Crippen molar-refractivity contribution in [1.29, 1.82) is 0 Å². The number of pyridine rings is 1. The minimum Gasteiger partial charge on any atom is -0.340 e. The van der Waals surface area contributed by atoms with Gasteiger partial charge < -0.3 is 9.88 Å². The van der Waals surface area contributed by atoms with E-state index in [0.717, 1.165) is 47.3 Å². The molecule has 0 aliphatic heterocycles. The number of halogens is 3. The summed E-state index contributed by atoms with van der Waals surface area (Å²) < 4.78 is 44.1. The van der Waals surface area contributed by atoms with Gasteiger partial charge in [-0.1, -0.05) is 0 Å². The Bertz CT molecular complexity index is 982. The zero-order chi connectivity index (χ0) is 19.7. The Kier molecular flexibility index (Phi) is 5.03. The summed E-state index contributed by atoms with van der Waals surface area (Å²) in [4.78, 5) is 9.50. The first-order valence-electron chi connectivity index (χ1n) is 8.76. The van der Waals surface area contributed by atoms with Crippen LogP contribution in [0.25, 0.3) is 11.3 Å². The number of rotatable bonds is 6. The Hall–Kier alpha value is -2.52. The van der Waals surface area contributed by atoms with Crippen LogP contribution < -0.4 is 10.0 Å². The zero-order valence-electron chi connectivity index (χ0n) is 15.0. The molecule has 1 saturated carbocycles. The number of aromatic nitrogens is 3. The molecule has 0 saturated heterocycles. The maximum absolute atomic E-state index is 13.0. The van der Waals surface area contributed by atoms with Gasteiger partial charge in [0.05, 0.1) is 17.6 Å². The van der Waals surface area contributed by atoms with E-state index < -0.39 is 11.7 Å². The first-order chi connectivity index (χ1) is 13.4. The molecule has 0 spiro atoms. The van der Waals surface area contributed by atoms with Crippen LogP contribution in [0.4, 0.5) is 24.7 Å². The van der Waals surface area contributed by atoms with Crippen LogP contribution >= 0.6 is 11.9 Å². The molecule has 3 aromatic rings. The molecule has 4 rings (SSSR count). The fourth-order valence-electron chi connectivity index (χ4n) is 2.89. The van der Waals surface area contributed by atoms with Crippen molar-refractivity contribution in [2.75, 3.05) is 12.4 Å². The highest BCUT2D eigenvalue weighted by Crippen LogP contribution is 2.38. The summed E-state index contributed by atoms with van der Waals surface area (Å²) in [6.45, 7) is 0. The Morgan fingerprint density at radius 2 is 1.96 bits per heavy atom. The van der Waals surface area contributed by atoms with Crippen LogP contribution in [-0.2, 0) is 6.18 Å². The predicted molar refractivity (Wildman–Crippen MR) is 103 cm³/mol. The molecular weight excluding hydrogens is 387 g/mol. The van der Waals surface area contributed by atoms with Gasteiger partial charge in [-0.05, 0) is 62.2 Å². The lowest BCUT2D eigenvalue weighted by molar-refractivity contribution is -0.137. The Labute approximate surface area is 164 Å². The smallest absolute Gasteiger partial charge is 0.340 e. The summed E-state index contributed by atoms with van der Waals surface area (Å²) in [6, 6.07) is 8.12. The second-order valence-electron chi connectivity index (χ2n) is 6.50. The lowest BCUT2D eigenvalue weighted by Crippen LogP contribution is -2.06. The summed E-state index contributed by atoms with van der Waals surface area (Å²) in [5, 5.41) is 3.02. The van der Waals surface area contributed by atoms with Crippen molar-refractivity contribution >= 4 is 23.5 Å². The van der Waals surface area contributed by atoms with Crippen LogP contribution in [0.15, 0.2) is 53.9 Å². The second kappa shape index (κ2) is 7.48. The molecule has 5 nitrogen and oxygen atoms in total. The predicted octanol–water partition coefficient (Wildman–Crippen LogP) is 5.27. The van der Waals surface area contributed by atoms with Gasteiger partial charge in [0.15, 0.2) is 0 Å². The van der Waals surface area contributed by atoms with Gasteiger partial charge in [-0.2, -0.15) is 13.2 Å². The molecule has 0 bridgehead atoms. The summed E-state index contributed by atoms with van der Waals surface area (Å²) in [5.41, 5.74) is 1.47. The fourth-order valence-corrected chi connectivity index (χ4v) is 3.44. The first-order valence-corrected chi connectivity index (χ1v) is 9.57. The van der Waals surface area contributed by atoms with Crippen LogP contribution in [0.2, 0.25) is 0 Å². The molecule has 146 valence electrons. The molecule has 0 unspecified atom stereocenters. The molecule has 28 heavy (non-hydrogen) atoms. The Morgan fingerprint density at radius 3 is 2.68 bits per heavy atom. The van der Waals surface area contributed by atoms with Crippen molar-refractivity contribution in [1.82, 2.24) is 19.3 Å². The molecule has 1 aliphatic carbocycles. The summed E-state index contributed by atoms with van der Waals surface area (Å²) in [6.07, 6.45) is 2.80. The molecule has 1 fully saturated rings. The number of nitrogens with one attached hydrogen (secondary N) is 2. The molecule has 1 aromatic carbocycles. The van der Waals surface area contributed by atoms with Crippen LogP contribution in [0.3, 0.4) is 0 Å². The van der Waals surface area contributed by atoms with E-state index in [4.69, 9.17) is 0 Å². The summed E-state index contributed by atoms with van der Waals surface area (Å²) >= 11 is 1.45. The topological polar surface area (TPSA) is 54.8 Å². The quantitative estimate of drug-likeness (QED) is 0.547. The third-order valence-electron chi connectivity index (χ3n) is 4.41. The highest BCUT2D eigenvalue weighted by atomic mass is 32.2. The van der Waals surface area contributed by atoms with Crippen molar-refractivity contribution in [2.45, 2.75) is 30.0 Å². The first kappa shape index (κ1) is 18.8. The molecule has 2 heterocycles. The van der Waals surface area contributed by atoms with Gasteiger partial charge in [-0.15, -0.1) is 0 Å². The highest BCUT2D eigenvalue weighted by Gasteiger charge is 2.30. The molecule has 2 aromatic heterocycles. The molecule has 1 aliphatic rings. The van der Waals surface area contributed by atoms with Gasteiger partial charge in [0.1, 0.15) is 5.82 Å². The van der Waals surface area contributed by atoms with Crippen molar-refractivity contribution in [3.05, 3.63) is 54.6 Å². The van der Waals surface area contributed by atoms with Crippen LogP contribution in [-0.4, -0.2) is 21.6 Å². The van der Waals surface area contributed by atoms with Crippen LogP contribution in [0.1, 0.15) is 24.4 Å². The minimum atomic E-state index is -4.42. The van der Waals surface area contributed by atoms with E-state index in [0.29, 0.717) is 11.7 Å². The Morgan fingerprint density at radius 1 is 1.14 bits per heavy atom. The van der Waals surface area contributed by atoms with Gasteiger partial charge in [-0.25, -0.2) is 9.97 Å². The van der Waals surface area contributed by atoms with Crippen molar-refractivity contribution < 1.29 is 13.2 Å². The number of imidazole rings is 1. The average molecular weight is 405 g/mol. The zero-order valence-corrected chi connectivity index (χ0v) is 15.8. The molecule has 0 atom stereocenters. The number of benzene rings is 1. The molecule has 9 heteroatoms. The monoisotopic (exact) mass is 405 g/mol. The standard InChI is InChI=1S/C19H18F3N5S/c1-23-28-14-4-5-16(26-18-8-12(6-7-24-18)19(20,21)22)15(9-14)17-10-27(11-25-17)13-2-3-13/h4-11,13,23H,2-3H2,1H3,(H,24,26). The minimum absolute atomic E-state index is 0.131. The maximum Gasteiger partial charge on any atom is 0.416 e. The maximum atomic E-state index is 13.0. The molecular formula is C19H18F3N5S. The third-order valence-corrected chi connectivity index (χ3v) is 5.10. The van der Waals surface area contributed by atoms with Gasteiger partial charge in [-0.3, -0.25) is 4.72 Å². The fraction of sp³-hybridized carbons (Fsp3) is 0.263. The highest BCUT2D eigenvalue weighted by molar-refractivity contribution is 7.97. The van der Waals surface area contributed by atoms with Crippen LogP contribution in [0.5, 0.6) is 0 Å². The van der Waals surface area contributed by atoms with Crippen molar-refractivity contribution in [3.8, 4) is 11.3 Å². The molecule has 0 amide bonds. The van der Waals surface area contributed by atoms with Gasteiger partial charge in [0.2, 0.25) is 0 Å². The van der Waals surface area contributed by atoms with E-state index in [1.165, 1.54) is 11.9 Å². The number of anilines is 2. The van der Waals surface area contributed by atoms with E-state index in [9.17, 15) is 13.2 Å². The normalized spacial score (nSPS) is 14.3. The van der Waals surface area contributed by atoms with E-state index >= 15 is 0 Å². The van der Waals surface area contributed by atoms with Crippen molar-refractivity contribution in [2.24, 2.45) is 0 Å². The largest absolute Gasteiger partial charge is 0.416 e. The van der Waals surface area contributed by atoms with Gasteiger partial charge in [0, 0.05) is 34.6 Å². The summed E-state index contributed by atoms with van der Waals surface area (Å²) in [5.74, 6) is 0.131. The molecule has 0 radical (unpaired) electrons. The average Bonchev–Trinajstić information content (AvgIpc) is 3.40. The SMILES string of the molecule is CNSc1ccc(Nc2cc(C(F)(F)F)ccn2)c(-c2cn(C3CC3)cn2)c1. The number of alkyl halides is 3. The lowest BCUT2D eigenvalue weighted by atomic mass is 10.1. The van der Waals surface area contributed by atoms with Crippen molar-refractivity contribution in [3.63, 3.8) is 0 Å². The van der Waals surface area contributed by atoms with E-state index in [1.54, 1.807) is 6.33 Å². The summed E-state index contributed by atoms with van der Waals surface area (Å²) in [7, 11) is 1.82. The van der Waals surface area contributed by atoms with Gasteiger partial charge in [0.25, 0.3) is 0 Å². The lowest BCUT2D eigenvalue weighted by Gasteiger charge is -2.13. The third kappa shape index (κ3) is 4.15.